The van der Waals surface area contributed by atoms with Crippen LogP contribution in [0.15, 0.2) is 12.2 Å². The van der Waals surface area contributed by atoms with Crippen LogP contribution in [-0.4, -0.2) is 19.0 Å². The highest BCUT2D eigenvalue weighted by atomic mass is 19.3. The molecule has 0 aliphatic carbocycles. The number of carbonyl (C=O) groups is 1. The smallest absolute Gasteiger partial charge is 0.373 e. The molecule has 0 bridgehead atoms. The first kappa shape index (κ1) is 19.1. The Morgan fingerprint density at radius 1 is 0.950 bits per heavy atom. The molecule has 0 aliphatic rings. The van der Waals surface area contributed by atoms with E-state index >= 15 is 0 Å². The van der Waals surface area contributed by atoms with Crippen LogP contribution in [-0.2, 0) is 9.53 Å². The van der Waals surface area contributed by atoms with Gasteiger partial charge in [-0.1, -0.05) is 51.2 Å². The summed E-state index contributed by atoms with van der Waals surface area (Å²) in [5.41, 5.74) is 0. The minimum Gasteiger partial charge on any atom is -0.461 e. The standard InChI is InChI=1S/C16H28F2O2/c1-2-3-4-5-6-7-8-9-10-11-12-13-14-20-16(19)15(17)18/h7-8,15H,2-6,9-14H2,1H3/b8-7-. The van der Waals surface area contributed by atoms with E-state index < -0.39 is 12.4 Å². The number of carbonyl (C=O) groups excluding carboxylic acids is 1. The second-order valence-corrected chi connectivity index (χ2v) is 4.99. The second-order valence-electron chi connectivity index (χ2n) is 4.99. The van der Waals surface area contributed by atoms with Gasteiger partial charge in [0.1, 0.15) is 0 Å². The number of allylic oxidation sites excluding steroid dienone is 2. The molecule has 4 heteroatoms. The number of hydrogen-bond acceptors (Lipinski definition) is 2. The molecule has 0 unspecified atom stereocenters. The first-order chi connectivity index (χ1) is 9.68. The van der Waals surface area contributed by atoms with Crippen LogP contribution in [0, 0.1) is 0 Å². The van der Waals surface area contributed by atoms with E-state index in [9.17, 15) is 13.6 Å². The molecule has 118 valence electrons. The molecule has 0 aromatic heterocycles. The van der Waals surface area contributed by atoms with Crippen molar-refractivity contribution in [1.29, 1.82) is 0 Å². The van der Waals surface area contributed by atoms with Crippen molar-refractivity contribution in [2.45, 2.75) is 77.6 Å². The number of unbranched alkanes of at least 4 members (excludes halogenated alkanes) is 8. The van der Waals surface area contributed by atoms with Crippen LogP contribution < -0.4 is 0 Å². The maximum Gasteiger partial charge on any atom is 0.373 e. The van der Waals surface area contributed by atoms with E-state index in [2.05, 4.69) is 23.8 Å². The predicted octanol–water partition coefficient (Wildman–Crippen LogP) is 5.27. The van der Waals surface area contributed by atoms with E-state index in [1.807, 2.05) is 0 Å². The van der Waals surface area contributed by atoms with Crippen LogP contribution in [0.5, 0.6) is 0 Å². The number of hydrogen-bond donors (Lipinski definition) is 0. The number of alkyl halides is 2. The minimum atomic E-state index is -3.00. The SMILES string of the molecule is CCCCCC/C=C\CCCCCCOC(=O)C(F)F. The number of halogens is 2. The fraction of sp³-hybridized carbons (Fsp3) is 0.812. The van der Waals surface area contributed by atoms with E-state index in [1.54, 1.807) is 0 Å². The number of esters is 1. The lowest BCUT2D eigenvalue weighted by molar-refractivity contribution is -0.156. The van der Waals surface area contributed by atoms with Crippen molar-refractivity contribution in [2.75, 3.05) is 6.61 Å². The molecule has 0 amide bonds. The summed E-state index contributed by atoms with van der Waals surface area (Å²) in [7, 11) is 0. The summed E-state index contributed by atoms with van der Waals surface area (Å²) in [4.78, 5) is 10.5. The molecule has 0 aromatic carbocycles. The van der Waals surface area contributed by atoms with Crippen LogP contribution in [0.1, 0.15) is 71.1 Å². The van der Waals surface area contributed by atoms with Gasteiger partial charge in [0.25, 0.3) is 0 Å². The molecule has 0 saturated carbocycles. The Morgan fingerprint density at radius 2 is 1.50 bits per heavy atom. The first-order valence-corrected chi connectivity index (χ1v) is 7.78. The average Bonchev–Trinajstić information content (AvgIpc) is 2.43. The van der Waals surface area contributed by atoms with Crippen LogP contribution in [0.4, 0.5) is 8.78 Å². The molecule has 0 atom stereocenters. The van der Waals surface area contributed by atoms with Gasteiger partial charge in [-0.25, -0.2) is 4.79 Å². The van der Waals surface area contributed by atoms with Gasteiger partial charge in [-0.2, -0.15) is 8.78 Å². The van der Waals surface area contributed by atoms with Crippen LogP contribution >= 0.6 is 0 Å². The van der Waals surface area contributed by atoms with Crippen LogP contribution in [0.25, 0.3) is 0 Å². The topological polar surface area (TPSA) is 26.3 Å². The maximum atomic E-state index is 11.8. The lowest BCUT2D eigenvalue weighted by Gasteiger charge is -2.03. The van der Waals surface area contributed by atoms with Crippen molar-refractivity contribution in [3.8, 4) is 0 Å². The molecule has 0 aromatic rings. The van der Waals surface area contributed by atoms with Gasteiger partial charge in [-0.3, -0.25) is 0 Å². The van der Waals surface area contributed by atoms with E-state index in [1.165, 1.54) is 32.1 Å². The summed E-state index contributed by atoms with van der Waals surface area (Å²) < 4.78 is 28.0. The van der Waals surface area contributed by atoms with E-state index in [-0.39, 0.29) is 6.61 Å². The third kappa shape index (κ3) is 13.5. The third-order valence-electron chi connectivity index (χ3n) is 3.08. The number of ether oxygens (including phenoxy) is 1. The number of rotatable bonds is 13. The van der Waals surface area contributed by atoms with E-state index in [0.717, 1.165) is 25.7 Å². The molecule has 0 N–H and O–H groups in total. The van der Waals surface area contributed by atoms with Crippen molar-refractivity contribution in [3.63, 3.8) is 0 Å². The Hall–Kier alpha value is -0.930. The molecule has 0 saturated heterocycles. The van der Waals surface area contributed by atoms with Crippen molar-refractivity contribution in [1.82, 2.24) is 0 Å². The van der Waals surface area contributed by atoms with Crippen molar-refractivity contribution >= 4 is 5.97 Å². The Morgan fingerprint density at radius 3 is 2.05 bits per heavy atom. The zero-order chi connectivity index (χ0) is 15.1. The lowest BCUT2D eigenvalue weighted by Crippen LogP contribution is -2.14. The highest BCUT2D eigenvalue weighted by Crippen LogP contribution is 2.07. The molecule has 0 radical (unpaired) electrons. The average molecular weight is 290 g/mol. The van der Waals surface area contributed by atoms with Crippen molar-refractivity contribution in [3.05, 3.63) is 12.2 Å². The molecular formula is C16H28F2O2. The minimum absolute atomic E-state index is 0.108. The van der Waals surface area contributed by atoms with Crippen LogP contribution in [0.3, 0.4) is 0 Å². The third-order valence-corrected chi connectivity index (χ3v) is 3.08. The fourth-order valence-corrected chi connectivity index (χ4v) is 1.88. The second kappa shape index (κ2) is 14.5. The zero-order valence-corrected chi connectivity index (χ0v) is 12.6. The van der Waals surface area contributed by atoms with Gasteiger partial charge in [-0.15, -0.1) is 0 Å². The Kier molecular flexibility index (Phi) is 13.8. The van der Waals surface area contributed by atoms with E-state index in [4.69, 9.17) is 0 Å². The lowest BCUT2D eigenvalue weighted by atomic mass is 10.1. The monoisotopic (exact) mass is 290 g/mol. The molecular weight excluding hydrogens is 262 g/mol. The molecule has 0 rings (SSSR count). The van der Waals surface area contributed by atoms with Gasteiger partial charge < -0.3 is 4.74 Å². The summed E-state index contributed by atoms with van der Waals surface area (Å²) in [6.07, 6.45) is 12.6. The van der Waals surface area contributed by atoms with Gasteiger partial charge in [0.05, 0.1) is 6.61 Å². The molecule has 0 fully saturated rings. The fourth-order valence-electron chi connectivity index (χ4n) is 1.88. The summed E-state index contributed by atoms with van der Waals surface area (Å²) in [6.45, 7) is 2.32. The Bertz CT molecular complexity index is 253. The first-order valence-electron chi connectivity index (χ1n) is 7.78. The zero-order valence-electron chi connectivity index (χ0n) is 12.6. The summed E-state index contributed by atoms with van der Waals surface area (Å²) in [5.74, 6) is -1.41. The molecule has 0 spiro atoms. The predicted molar refractivity (Wildman–Crippen MR) is 77.9 cm³/mol. The van der Waals surface area contributed by atoms with E-state index in [0.29, 0.717) is 6.42 Å². The van der Waals surface area contributed by atoms with Crippen molar-refractivity contribution in [2.24, 2.45) is 0 Å². The van der Waals surface area contributed by atoms with Crippen LogP contribution in [0.2, 0.25) is 0 Å². The van der Waals surface area contributed by atoms with Gasteiger partial charge >= 0.3 is 12.4 Å². The van der Waals surface area contributed by atoms with Crippen molar-refractivity contribution < 1.29 is 18.3 Å². The Labute approximate surface area is 121 Å². The van der Waals surface area contributed by atoms with Gasteiger partial charge in [0.15, 0.2) is 0 Å². The maximum absolute atomic E-state index is 11.8. The largest absolute Gasteiger partial charge is 0.461 e. The summed E-state index contributed by atoms with van der Waals surface area (Å²) in [5, 5.41) is 0. The molecule has 0 aliphatic heterocycles. The van der Waals surface area contributed by atoms with Gasteiger partial charge in [0, 0.05) is 0 Å². The Balaban J connectivity index is 3.16. The molecule has 20 heavy (non-hydrogen) atoms. The summed E-state index contributed by atoms with van der Waals surface area (Å²) >= 11 is 0. The van der Waals surface area contributed by atoms with Gasteiger partial charge in [-0.05, 0) is 32.1 Å². The summed E-state index contributed by atoms with van der Waals surface area (Å²) in [6, 6.07) is 0. The molecule has 2 nitrogen and oxygen atoms in total. The quantitative estimate of drug-likeness (QED) is 0.262. The highest BCUT2D eigenvalue weighted by molar-refractivity contribution is 5.72. The highest BCUT2D eigenvalue weighted by Gasteiger charge is 2.15. The van der Waals surface area contributed by atoms with Gasteiger partial charge in [0.2, 0.25) is 0 Å². The molecule has 0 heterocycles. The normalized spacial score (nSPS) is 11.4.